The van der Waals surface area contributed by atoms with Crippen LogP contribution >= 0.6 is 12.4 Å². The maximum Gasteiger partial charge on any atom is 0.220 e. The van der Waals surface area contributed by atoms with Gasteiger partial charge in [0, 0.05) is 18.5 Å². The van der Waals surface area contributed by atoms with Gasteiger partial charge in [0.15, 0.2) is 0 Å². The SMILES string of the molecule is Cl.N[C@@H]1CCC[C@H]1CC(=O)NC1CC2CC1C1CCCC21. The second kappa shape index (κ2) is 6.08. The quantitative estimate of drug-likeness (QED) is 0.842. The van der Waals surface area contributed by atoms with Gasteiger partial charge in [0.25, 0.3) is 0 Å². The van der Waals surface area contributed by atoms with Crippen LogP contribution in [0, 0.1) is 29.6 Å². The van der Waals surface area contributed by atoms with Gasteiger partial charge in [-0.1, -0.05) is 12.8 Å². The van der Waals surface area contributed by atoms with Crippen LogP contribution in [0.15, 0.2) is 0 Å². The van der Waals surface area contributed by atoms with Crippen molar-refractivity contribution in [1.29, 1.82) is 0 Å². The Balaban J connectivity index is 0.00000132. The average molecular weight is 313 g/mol. The lowest BCUT2D eigenvalue weighted by Crippen LogP contribution is -2.43. The van der Waals surface area contributed by atoms with E-state index in [1.165, 1.54) is 38.5 Å². The number of rotatable bonds is 3. The van der Waals surface area contributed by atoms with E-state index in [2.05, 4.69) is 5.32 Å². The second-order valence-corrected chi connectivity index (χ2v) is 7.89. The van der Waals surface area contributed by atoms with E-state index >= 15 is 0 Å². The summed E-state index contributed by atoms with van der Waals surface area (Å²) in [6, 6.07) is 0.754. The molecule has 4 fully saturated rings. The van der Waals surface area contributed by atoms with Crippen molar-refractivity contribution in [2.24, 2.45) is 35.3 Å². The molecule has 4 aliphatic rings. The van der Waals surface area contributed by atoms with Crippen LogP contribution < -0.4 is 11.1 Å². The third-order valence-electron chi connectivity index (χ3n) is 6.94. The third-order valence-corrected chi connectivity index (χ3v) is 6.94. The van der Waals surface area contributed by atoms with Crippen LogP contribution in [0.4, 0.5) is 0 Å². The van der Waals surface area contributed by atoms with Crippen LogP contribution in [0.3, 0.4) is 0 Å². The number of hydrogen-bond donors (Lipinski definition) is 2. The van der Waals surface area contributed by atoms with Gasteiger partial charge in [0.05, 0.1) is 0 Å². The lowest BCUT2D eigenvalue weighted by atomic mass is 9.79. The minimum atomic E-state index is 0. The van der Waals surface area contributed by atoms with E-state index in [-0.39, 0.29) is 24.4 Å². The van der Waals surface area contributed by atoms with E-state index in [1.807, 2.05) is 0 Å². The summed E-state index contributed by atoms with van der Waals surface area (Å²) >= 11 is 0. The molecule has 4 saturated carbocycles. The molecule has 0 aromatic carbocycles. The highest BCUT2D eigenvalue weighted by molar-refractivity contribution is 5.85. The highest BCUT2D eigenvalue weighted by atomic mass is 35.5. The highest BCUT2D eigenvalue weighted by Gasteiger charge is 2.54. The Bertz CT molecular complexity index is 402. The average Bonchev–Trinajstić information content (AvgIpc) is 3.12. The van der Waals surface area contributed by atoms with Crippen LogP contribution in [-0.2, 0) is 4.79 Å². The molecule has 1 amide bonds. The van der Waals surface area contributed by atoms with Gasteiger partial charge in [-0.2, -0.15) is 0 Å². The lowest BCUT2D eigenvalue weighted by Gasteiger charge is -2.32. The number of nitrogens with two attached hydrogens (primary N) is 1. The summed E-state index contributed by atoms with van der Waals surface area (Å²) in [6.07, 6.45) is 11.1. The number of carbonyl (C=O) groups excluding carboxylic acids is 1. The van der Waals surface area contributed by atoms with Crippen LogP contribution in [0.2, 0.25) is 0 Å². The summed E-state index contributed by atoms with van der Waals surface area (Å²) in [5.41, 5.74) is 6.09. The minimum Gasteiger partial charge on any atom is -0.353 e. The fourth-order valence-corrected chi connectivity index (χ4v) is 6.06. The highest BCUT2D eigenvalue weighted by Crippen LogP contribution is 2.58. The molecule has 4 rings (SSSR count). The first kappa shape index (κ1) is 15.6. The molecule has 2 bridgehead atoms. The minimum absolute atomic E-state index is 0. The van der Waals surface area contributed by atoms with Gasteiger partial charge < -0.3 is 11.1 Å². The van der Waals surface area contributed by atoms with Crippen molar-refractivity contribution in [3.63, 3.8) is 0 Å². The summed E-state index contributed by atoms with van der Waals surface area (Å²) < 4.78 is 0. The topological polar surface area (TPSA) is 55.1 Å². The first-order chi connectivity index (χ1) is 9.72. The summed E-state index contributed by atoms with van der Waals surface area (Å²) in [7, 11) is 0. The van der Waals surface area contributed by atoms with Crippen molar-refractivity contribution in [2.75, 3.05) is 0 Å². The molecular weight excluding hydrogens is 284 g/mol. The molecule has 0 aromatic rings. The monoisotopic (exact) mass is 312 g/mol. The molecule has 0 saturated heterocycles. The Kier molecular flexibility index (Phi) is 4.52. The normalized spacial score (nSPS) is 47.2. The van der Waals surface area contributed by atoms with Crippen LogP contribution in [0.25, 0.3) is 0 Å². The predicted molar refractivity (Wildman–Crippen MR) is 86.2 cm³/mol. The number of amides is 1. The van der Waals surface area contributed by atoms with Crippen LogP contribution in [0.1, 0.15) is 57.8 Å². The molecule has 4 aliphatic carbocycles. The Morgan fingerprint density at radius 1 is 1.00 bits per heavy atom. The standard InChI is InChI=1S/C17H28N2O.ClH/c18-15-6-1-3-10(15)9-17(20)19-16-8-11-7-14(16)13-5-2-4-12(11)13;/h10-16H,1-9,18H2,(H,19,20);1H/t10-,11?,12?,13?,14?,15+,16?;/m0./s1. The zero-order valence-electron chi connectivity index (χ0n) is 12.8. The van der Waals surface area contributed by atoms with E-state index in [0.717, 1.165) is 36.5 Å². The van der Waals surface area contributed by atoms with E-state index in [9.17, 15) is 4.79 Å². The molecular formula is C17H29ClN2O. The largest absolute Gasteiger partial charge is 0.353 e. The van der Waals surface area contributed by atoms with Crippen molar-refractivity contribution in [2.45, 2.75) is 69.9 Å². The van der Waals surface area contributed by atoms with Crippen molar-refractivity contribution >= 4 is 18.3 Å². The van der Waals surface area contributed by atoms with Crippen molar-refractivity contribution in [1.82, 2.24) is 5.32 Å². The molecule has 3 nitrogen and oxygen atoms in total. The molecule has 3 N–H and O–H groups in total. The van der Waals surface area contributed by atoms with Gasteiger partial charge in [-0.3, -0.25) is 4.79 Å². The van der Waals surface area contributed by atoms with Gasteiger partial charge >= 0.3 is 0 Å². The van der Waals surface area contributed by atoms with E-state index < -0.39 is 0 Å². The molecule has 5 unspecified atom stereocenters. The molecule has 0 radical (unpaired) electrons. The van der Waals surface area contributed by atoms with E-state index in [1.54, 1.807) is 0 Å². The molecule has 0 aromatic heterocycles. The Hall–Kier alpha value is -0.280. The molecule has 7 atom stereocenters. The summed E-state index contributed by atoms with van der Waals surface area (Å²) in [5, 5.41) is 3.38. The van der Waals surface area contributed by atoms with Gasteiger partial charge in [0.2, 0.25) is 5.91 Å². The van der Waals surface area contributed by atoms with Crippen molar-refractivity contribution < 1.29 is 4.79 Å². The number of halogens is 1. The van der Waals surface area contributed by atoms with E-state index in [4.69, 9.17) is 5.73 Å². The lowest BCUT2D eigenvalue weighted by molar-refractivity contribution is -0.123. The van der Waals surface area contributed by atoms with Gasteiger partial charge in [-0.15, -0.1) is 12.4 Å². The molecule has 0 spiro atoms. The number of nitrogens with one attached hydrogen (secondary N) is 1. The Labute approximate surface area is 134 Å². The Morgan fingerprint density at radius 3 is 2.52 bits per heavy atom. The van der Waals surface area contributed by atoms with Crippen LogP contribution in [-0.4, -0.2) is 18.0 Å². The molecule has 4 heteroatoms. The summed E-state index contributed by atoms with van der Waals surface area (Å²) in [5.74, 6) is 4.39. The Morgan fingerprint density at radius 2 is 1.76 bits per heavy atom. The fraction of sp³-hybridized carbons (Fsp3) is 0.941. The first-order valence-corrected chi connectivity index (χ1v) is 8.77. The first-order valence-electron chi connectivity index (χ1n) is 8.77. The van der Waals surface area contributed by atoms with Gasteiger partial charge in [-0.05, 0) is 68.1 Å². The number of fused-ring (bicyclic) bond motifs is 5. The number of hydrogen-bond acceptors (Lipinski definition) is 2. The van der Waals surface area contributed by atoms with Crippen LogP contribution in [0.5, 0.6) is 0 Å². The third kappa shape index (κ3) is 2.72. The summed E-state index contributed by atoms with van der Waals surface area (Å²) in [4.78, 5) is 12.3. The maximum atomic E-state index is 12.3. The van der Waals surface area contributed by atoms with Crippen molar-refractivity contribution in [3.05, 3.63) is 0 Å². The molecule has 0 aliphatic heterocycles. The number of carbonyl (C=O) groups is 1. The molecule has 21 heavy (non-hydrogen) atoms. The van der Waals surface area contributed by atoms with E-state index in [0.29, 0.717) is 18.4 Å². The van der Waals surface area contributed by atoms with Gasteiger partial charge in [0.1, 0.15) is 0 Å². The zero-order valence-corrected chi connectivity index (χ0v) is 13.6. The predicted octanol–water partition coefficient (Wildman–Crippen LogP) is 2.87. The molecule has 120 valence electrons. The zero-order chi connectivity index (χ0) is 13.7. The summed E-state index contributed by atoms with van der Waals surface area (Å²) in [6.45, 7) is 0. The second-order valence-electron chi connectivity index (χ2n) is 7.89. The fourth-order valence-electron chi connectivity index (χ4n) is 6.06. The maximum absolute atomic E-state index is 12.3. The molecule has 0 heterocycles. The van der Waals surface area contributed by atoms with Crippen molar-refractivity contribution in [3.8, 4) is 0 Å². The smallest absolute Gasteiger partial charge is 0.220 e. The van der Waals surface area contributed by atoms with Gasteiger partial charge in [-0.25, -0.2) is 0 Å².